The summed E-state index contributed by atoms with van der Waals surface area (Å²) < 4.78 is 0. The summed E-state index contributed by atoms with van der Waals surface area (Å²) in [6.07, 6.45) is 0. The number of aromatic nitrogens is 1. The number of carbonyl (C=O) groups is 2. The largest absolute Gasteiger partial charge is 0.378 e. The Balaban J connectivity index is 1.72. The minimum absolute atomic E-state index is 0.319. The number of ketones is 1. The van der Waals surface area contributed by atoms with E-state index in [4.69, 9.17) is 0 Å². The third-order valence-corrected chi connectivity index (χ3v) is 4.23. The molecule has 3 rings (SSSR count). The summed E-state index contributed by atoms with van der Waals surface area (Å²) in [6, 6.07) is 15.3. The number of anilines is 1. The molecule has 0 bridgehead atoms. The average Bonchev–Trinajstić information content (AvgIpc) is 2.95. The monoisotopic (exact) mass is 335 g/mol. The Hall–Kier alpha value is -3.08. The number of rotatable bonds is 5. The summed E-state index contributed by atoms with van der Waals surface area (Å²) >= 11 is 0. The molecular formula is C20H21N3O2. The number of aryl methyl sites for hydroxylation is 1. The molecule has 5 nitrogen and oxygen atoms in total. The first-order valence-electron chi connectivity index (χ1n) is 8.13. The molecule has 0 radical (unpaired) electrons. The molecule has 1 aromatic heterocycles. The number of Topliss-reactive ketones (excluding diaryl/α,β-unsaturated/α-hetero) is 1. The van der Waals surface area contributed by atoms with Crippen molar-refractivity contribution in [2.45, 2.75) is 13.5 Å². The lowest BCUT2D eigenvalue weighted by Crippen LogP contribution is -2.30. The maximum Gasteiger partial charge on any atom is 0.292 e. The molecule has 0 atom stereocenters. The van der Waals surface area contributed by atoms with Crippen LogP contribution in [-0.4, -0.2) is 30.8 Å². The molecule has 3 aromatic rings. The van der Waals surface area contributed by atoms with Gasteiger partial charge < -0.3 is 15.2 Å². The number of amides is 1. The molecule has 0 spiro atoms. The SMILES string of the molecule is Cc1[nH]c2ccccc2c1C(=O)C(=O)NCc1ccc(N(C)C)cc1. The fraction of sp³-hybridized carbons (Fsp3) is 0.200. The van der Waals surface area contributed by atoms with Gasteiger partial charge >= 0.3 is 0 Å². The van der Waals surface area contributed by atoms with Crippen LogP contribution in [0, 0.1) is 6.92 Å². The van der Waals surface area contributed by atoms with E-state index in [1.54, 1.807) is 6.92 Å². The van der Waals surface area contributed by atoms with Gasteiger partial charge in [-0.15, -0.1) is 0 Å². The smallest absolute Gasteiger partial charge is 0.292 e. The molecule has 0 unspecified atom stereocenters. The first-order valence-corrected chi connectivity index (χ1v) is 8.13. The lowest BCUT2D eigenvalue weighted by molar-refractivity contribution is -0.117. The number of benzene rings is 2. The van der Waals surface area contributed by atoms with Gasteiger partial charge in [-0.25, -0.2) is 0 Å². The number of hydrogen-bond donors (Lipinski definition) is 2. The lowest BCUT2D eigenvalue weighted by Gasteiger charge is -2.12. The molecule has 1 amide bonds. The Morgan fingerprint density at radius 3 is 2.40 bits per heavy atom. The molecule has 2 aromatic carbocycles. The Morgan fingerprint density at radius 2 is 1.72 bits per heavy atom. The number of nitrogens with zero attached hydrogens (tertiary/aromatic N) is 1. The van der Waals surface area contributed by atoms with E-state index in [0.717, 1.165) is 22.2 Å². The standard InChI is InChI=1S/C20H21N3O2/c1-13-18(16-6-4-5-7-17(16)22-13)19(24)20(25)21-12-14-8-10-15(11-9-14)23(2)3/h4-11,22H,12H2,1-3H3,(H,21,25). The van der Waals surface area contributed by atoms with Crippen LogP contribution in [0.15, 0.2) is 48.5 Å². The van der Waals surface area contributed by atoms with E-state index >= 15 is 0 Å². The molecule has 1 heterocycles. The van der Waals surface area contributed by atoms with Crippen LogP contribution < -0.4 is 10.2 Å². The Bertz CT molecular complexity index is 924. The van der Waals surface area contributed by atoms with Crippen molar-refractivity contribution in [1.29, 1.82) is 0 Å². The number of hydrogen-bond acceptors (Lipinski definition) is 3. The Labute approximate surface area is 146 Å². The highest BCUT2D eigenvalue weighted by atomic mass is 16.2. The summed E-state index contributed by atoms with van der Waals surface area (Å²) in [4.78, 5) is 30.0. The van der Waals surface area contributed by atoms with Crippen molar-refractivity contribution in [3.8, 4) is 0 Å². The van der Waals surface area contributed by atoms with Crippen molar-refractivity contribution in [3.05, 3.63) is 65.4 Å². The molecule has 0 aliphatic carbocycles. The number of fused-ring (bicyclic) bond motifs is 1. The van der Waals surface area contributed by atoms with Gasteiger partial charge in [0.25, 0.3) is 11.7 Å². The molecule has 0 fully saturated rings. The van der Waals surface area contributed by atoms with Gasteiger partial charge in [0.2, 0.25) is 0 Å². The van der Waals surface area contributed by atoms with Gasteiger partial charge in [0.15, 0.2) is 0 Å². The van der Waals surface area contributed by atoms with E-state index in [-0.39, 0.29) is 0 Å². The van der Waals surface area contributed by atoms with Gasteiger partial charge in [-0.2, -0.15) is 0 Å². The van der Waals surface area contributed by atoms with Crippen LogP contribution in [0.2, 0.25) is 0 Å². The number of H-pyrrole nitrogens is 1. The molecular weight excluding hydrogens is 314 g/mol. The molecule has 0 saturated carbocycles. The zero-order chi connectivity index (χ0) is 18.0. The van der Waals surface area contributed by atoms with Crippen LogP contribution >= 0.6 is 0 Å². The van der Waals surface area contributed by atoms with E-state index in [0.29, 0.717) is 17.8 Å². The summed E-state index contributed by atoms with van der Waals surface area (Å²) in [7, 11) is 3.94. The zero-order valence-corrected chi connectivity index (χ0v) is 14.6. The van der Waals surface area contributed by atoms with Crippen molar-refractivity contribution in [3.63, 3.8) is 0 Å². The first-order chi connectivity index (χ1) is 12.0. The van der Waals surface area contributed by atoms with Gasteiger partial charge in [-0.1, -0.05) is 30.3 Å². The number of para-hydroxylation sites is 1. The van der Waals surface area contributed by atoms with Crippen LogP contribution in [0.25, 0.3) is 10.9 Å². The van der Waals surface area contributed by atoms with Crippen LogP contribution in [0.1, 0.15) is 21.6 Å². The van der Waals surface area contributed by atoms with Crippen LogP contribution in [-0.2, 0) is 11.3 Å². The minimum atomic E-state index is -0.593. The van der Waals surface area contributed by atoms with Crippen LogP contribution in [0.3, 0.4) is 0 Å². The minimum Gasteiger partial charge on any atom is -0.378 e. The quantitative estimate of drug-likeness (QED) is 0.556. The number of nitrogens with one attached hydrogen (secondary N) is 2. The maximum absolute atomic E-state index is 12.6. The maximum atomic E-state index is 12.6. The van der Waals surface area contributed by atoms with E-state index in [1.807, 2.05) is 67.5 Å². The average molecular weight is 335 g/mol. The van der Waals surface area contributed by atoms with Crippen LogP contribution in [0.5, 0.6) is 0 Å². The highest BCUT2D eigenvalue weighted by Crippen LogP contribution is 2.22. The second-order valence-corrected chi connectivity index (χ2v) is 6.24. The van der Waals surface area contributed by atoms with Gasteiger partial charge in [-0.05, 0) is 30.7 Å². The van der Waals surface area contributed by atoms with Gasteiger partial charge in [-0.3, -0.25) is 9.59 Å². The molecule has 0 saturated heterocycles. The normalized spacial score (nSPS) is 10.7. The van der Waals surface area contributed by atoms with E-state index in [9.17, 15) is 9.59 Å². The van der Waals surface area contributed by atoms with Crippen molar-refractivity contribution >= 4 is 28.3 Å². The fourth-order valence-electron chi connectivity index (χ4n) is 2.86. The van der Waals surface area contributed by atoms with E-state index in [2.05, 4.69) is 10.3 Å². The van der Waals surface area contributed by atoms with Crippen molar-refractivity contribution in [2.24, 2.45) is 0 Å². The summed E-state index contributed by atoms with van der Waals surface area (Å²) in [6.45, 7) is 2.13. The number of aromatic amines is 1. The third-order valence-electron chi connectivity index (χ3n) is 4.23. The van der Waals surface area contributed by atoms with Crippen molar-refractivity contribution in [1.82, 2.24) is 10.3 Å². The second kappa shape index (κ2) is 6.81. The van der Waals surface area contributed by atoms with Crippen molar-refractivity contribution in [2.75, 3.05) is 19.0 Å². The van der Waals surface area contributed by atoms with Gasteiger partial charge in [0, 0.05) is 42.9 Å². The van der Waals surface area contributed by atoms with Crippen molar-refractivity contribution < 1.29 is 9.59 Å². The Kier molecular flexibility index (Phi) is 4.57. The van der Waals surface area contributed by atoms with Gasteiger partial charge in [0.1, 0.15) is 0 Å². The summed E-state index contributed by atoms with van der Waals surface area (Å²) in [5.41, 5.74) is 4.03. The van der Waals surface area contributed by atoms with E-state index in [1.165, 1.54) is 0 Å². The summed E-state index contributed by atoms with van der Waals surface area (Å²) in [5, 5.41) is 3.49. The molecule has 2 N–H and O–H groups in total. The molecule has 5 heteroatoms. The predicted octanol–water partition coefficient (Wildman–Crippen LogP) is 3.04. The highest BCUT2D eigenvalue weighted by Gasteiger charge is 2.22. The van der Waals surface area contributed by atoms with E-state index < -0.39 is 11.7 Å². The summed E-state index contributed by atoms with van der Waals surface area (Å²) in [5.74, 6) is -1.11. The topological polar surface area (TPSA) is 65.2 Å². The Morgan fingerprint density at radius 1 is 1.04 bits per heavy atom. The molecule has 25 heavy (non-hydrogen) atoms. The third kappa shape index (κ3) is 3.40. The van der Waals surface area contributed by atoms with Crippen LogP contribution in [0.4, 0.5) is 5.69 Å². The molecule has 0 aliphatic heterocycles. The predicted molar refractivity (Wildman–Crippen MR) is 100.0 cm³/mol. The molecule has 0 aliphatic rings. The number of carbonyl (C=O) groups excluding carboxylic acids is 2. The lowest BCUT2D eigenvalue weighted by atomic mass is 10.1. The van der Waals surface area contributed by atoms with Gasteiger partial charge in [0.05, 0.1) is 5.56 Å². The first kappa shape index (κ1) is 16.8. The fourth-order valence-corrected chi connectivity index (χ4v) is 2.86. The zero-order valence-electron chi connectivity index (χ0n) is 14.6. The second-order valence-electron chi connectivity index (χ2n) is 6.24. The highest BCUT2D eigenvalue weighted by molar-refractivity contribution is 6.45. The molecule has 128 valence electrons.